The van der Waals surface area contributed by atoms with Crippen molar-refractivity contribution in [3.8, 4) is 0 Å². The van der Waals surface area contributed by atoms with E-state index >= 15 is 0 Å². The largest absolute Gasteiger partial charge is 0.340 e. The lowest BCUT2D eigenvalue weighted by Gasteiger charge is -2.35. The van der Waals surface area contributed by atoms with E-state index in [0.29, 0.717) is 12.3 Å². The molecule has 2 aliphatic rings. The van der Waals surface area contributed by atoms with Crippen LogP contribution < -0.4 is 0 Å². The Balaban J connectivity index is 1.56. The van der Waals surface area contributed by atoms with Gasteiger partial charge in [0.2, 0.25) is 5.91 Å². The molecular formula is C15H29N3O. The quantitative estimate of drug-likeness (QED) is 0.754. The number of nitrogens with zero attached hydrogens (tertiary/aromatic N) is 3. The number of amides is 1. The van der Waals surface area contributed by atoms with Gasteiger partial charge < -0.3 is 9.80 Å². The monoisotopic (exact) mass is 267 g/mol. The lowest BCUT2D eigenvalue weighted by molar-refractivity contribution is -0.132. The van der Waals surface area contributed by atoms with E-state index in [1.807, 2.05) is 11.8 Å². The number of piperazine rings is 1. The molecule has 0 spiro atoms. The minimum absolute atomic E-state index is 0.313. The van der Waals surface area contributed by atoms with Gasteiger partial charge in [-0.2, -0.15) is 0 Å². The molecule has 0 aliphatic carbocycles. The Labute approximate surface area is 117 Å². The fourth-order valence-electron chi connectivity index (χ4n) is 3.15. The zero-order chi connectivity index (χ0) is 13.5. The van der Waals surface area contributed by atoms with Gasteiger partial charge in [-0.05, 0) is 45.4 Å². The van der Waals surface area contributed by atoms with Crippen molar-refractivity contribution in [3.63, 3.8) is 0 Å². The summed E-state index contributed by atoms with van der Waals surface area (Å²) in [6.45, 7) is 11.0. The van der Waals surface area contributed by atoms with E-state index in [1.165, 1.54) is 51.9 Å². The fourth-order valence-corrected chi connectivity index (χ4v) is 3.15. The molecular weight excluding hydrogens is 238 g/mol. The third kappa shape index (κ3) is 4.77. The standard InChI is InChI=1S/C15H29N3O/c1-2-15(19)18-13-11-17(12-14-18)10-6-9-16-7-4-3-5-8-16/h2-14H2,1H3. The van der Waals surface area contributed by atoms with Gasteiger partial charge in [0.05, 0.1) is 0 Å². The van der Waals surface area contributed by atoms with E-state index in [0.717, 1.165) is 26.2 Å². The molecule has 0 radical (unpaired) electrons. The van der Waals surface area contributed by atoms with Crippen LogP contribution in [-0.4, -0.2) is 73.0 Å². The molecule has 4 heteroatoms. The molecule has 110 valence electrons. The van der Waals surface area contributed by atoms with Crippen LogP contribution in [0, 0.1) is 0 Å². The summed E-state index contributed by atoms with van der Waals surface area (Å²) >= 11 is 0. The molecule has 4 nitrogen and oxygen atoms in total. The fraction of sp³-hybridized carbons (Fsp3) is 0.933. The summed E-state index contributed by atoms with van der Waals surface area (Å²) in [5, 5.41) is 0. The number of piperidine rings is 1. The van der Waals surface area contributed by atoms with Gasteiger partial charge in [-0.25, -0.2) is 0 Å². The second-order valence-electron chi connectivity index (χ2n) is 5.83. The molecule has 19 heavy (non-hydrogen) atoms. The van der Waals surface area contributed by atoms with Gasteiger partial charge in [0.25, 0.3) is 0 Å². The Hall–Kier alpha value is -0.610. The summed E-state index contributed by atoms with van der Waals surface area (Å²) in [5.74, 6) is 0.313. The molecule has 0 N–H and O–H groups in total. The van der Waals surface area contributed by atoms with Crippen LogP contribution in [0.1, 0.15) is 39.0 Å². The number of hydrogen-bond acceptors (Lipinski definition) is 3. The molecule has 2 rings (SSSR count). The summed E-state index contributed by atoms with van der Waals surface area (Å²) in [6.07, 6.45) is 6.12. The van der Waals surface area contributed by atoms with Crippen molar-refractivity contribution in [2.24, 2.45) is 0 Å². The maximum Gasteiger partial charge on any atom is 0.222 e. The van der Waals surface area contributed by atoms with Gasteiger partial charge in [0.15, 0.2) is 0 Å². The van der Waals surface area contributed by atoms with E-state index in [-0.39, 0.29) is 0 Å². The molecule has 0 saturated carbocycles. The first-order valence-corrected chi connectivity index (χ1v) is 8.02. The number of carbonyl (C=O) groups excluding carboxylic acids is 1. The van der Waals surface area contributed by atoms with Crippen LogP contribution in [-0.2, 0) is 4.79 Å². The summed E-state index contributed by atoms with van der Waals surface area (Å²) in [4.78, 5) is 18.7. The maximum absolute atomic E-state index is 11.6. The maximum atomic E-state index is 11.6. The van der Waals surface area contributed by atoms with Crippen LogP contribution >= 0.6 is 0 Å². The van der Waals surface area contributed by atoms with E-state index in [2.05, 4.69) is 9.80 Å². The van der Waals surface area contributed by atoms with E-state index in [9.17, 15) is 4.79 Å². The summed E-state index contributed by atoms with van der Waals surface area (Å²) < 4.78 is 0. The third-order valence-corrected chi connectivity index (χ3v) is 4.42. The van der Waals surface area contributed by atoms with Crippen molar-refractivity contribution in [2.45, 2.75) is 39.0 Å². The average Bonchev–Trinajstić information content (AvgIpc) is 2.48. The van der Waals surface area contributed by atoms with Crippen molar-refractivity contribution in [1.29, 1.82) is 0 Å². The van der Waals surface area contributed by atoms with E-state index in [4.69, 9.17) is 0 Å². The molecule has 2 fully saturated rings. The van der Waals surface area contributed by atoms with Gasteiger partial charge >= 0.3 is 0 Å². The highest BCUT2D eigenvalue weighted by molar-refractivity contribution is 5.75. The Morgan fingerprint density at radius 2 is 1.42 bits per heavy atom. The third-order valence-electron chi connectivity index (χ3n) is 4.42. The van der Waals surface area contributed by atoms with Gasteiger partial charge in [-0.1, -0.05) is 13.3 Å². The SMILES string of the molecule is CCC(=O)N1CCN(CCCN2CCCCC2)CC1. The molecule has 0 unspecified atom stereocenters. The van der Waals surface area contributed by atoms with Crippen molar-refractivity contribution >= 4 is 5.91 Å². The van der Waals surface area contributed by atoms with Crippen molar-refractivity contribution in [1.82, 2.24) is 14.7 Å². The molecule has 2 heterocycles. The van der Waals surface area contributed by atoms with Crippen LogP contribution in [0.2, 0.25) is 0 Å². The molecule has 0 bridgehead atoms. The first kappa shape index (κ1) is 14.8. The molecule has 1 amide bonds. The number of carbonyl (C=O) groups is 1. The second-order valence-corrected chi connectivity index (χ2v) is 5.83. The van der Waals surface area contributed by atoms with Crippen LogP contribution in [0.5, 0.6) is 0 Å². The normalized spacial score (nSPS) is 22.7. The smallest absolute Gasteiger partial charge is 0.222 e. The van der Waals surface area contributed by atoms with Gasteiger partial charge in [-0.3, -0.25) is 9.69 Å². The first-order chi connectivity index (χ1) is 9.29. The van der Waals surface area contributed by atoms with Gasteiger partial charge in [0.1, 0.15) is 0 Å². The summed E-state index contributed by atoms with van der Waals surface area (Å²) in [7, 11) is 0. The predicted octanol–water partition coefficient (Wildman–Crippen LogP) is 1.42. The predicted molar refractivity (Wildman–Crippen MR) is 78.2 cm³/mol. The minimum Gasteiger partial charge on any atom is -0.340 e. The molecule has 0 aromatic rings. The first-order valence-electron chi connectivity index (χ1n) is 8.02. The highest BCUT2D eigenvalue weighted by Gasteiger charge is 2.19. The van der Waals surface area contributed by atoms with Crippen LogP contribution in [0.3, 0.4) is 0 Å². The Morgan fingerprint density at radius 1 is 0.842 bits per heavy atom. The lowest BCUT2D eigenvalue weighted by atomic mass is 10.1. The van der Waals surface area contributed by atoms with Gasteiger partial charge in [-0.15, -0.1) is 0 Å². The molecule has 2 saturated heterocycles. The zero-order valence-electron chi connectivity index (χ0n) is 12.4. The lowest BCUT2D eigenvalue weighted by Crippen LogP contribution is -2.49. The number of likely N-dealkylation sites (tertiary alicyclic amines) is 1. The topological polar surface area (TPSA) is 26.8 Å². The Morgan fingerprint density at radius 3 is 2.00 bits per heavy atom. The van der Waals surface area contributed by atoms with Crippen LogP contribution in [0.15, 0.2) is 0 Å². The highest BCUT2D eigenvalue weighted by atomic mass is 16.2. The second kappa shape index (κ2) is 7.85. The van der Waals surface area contributed by atoms with Gasteiger partial charge in [0, 0.05) is 32.6 Å². The highest BCUT2D eigenvalue weighted by Crippen LogP contribution is 2.09. The van der Waals surface area contributed by atoms with Crippen molar-refractivity contribution < 1.29 is 4.79 Å². The Bertz CT molecular complexity index is 269. The average molecular weight is 267 g/mol. The van der Waals surface area contributed by atoms with Crippen LogP contribution in [0.4, 0.5) is 0 Å². The molecule has 0 atom stereocenters. The van der Waals surface area contributed by atoms with E-state index < -0.39 is 0 Å². The van der Waals surface area contributed by atoms with Crippen molar-refractivity contribution in [2.75, 3.05) is 52.4 Å². The Kier molecular flexibility index (Phi) is 6.11. The molecule has 0 aromatic heterocycles. The number of rotatable bonds is 5. The zero-order valence-corrected chi connectivity index (χ0v) is 12.4. The van der Waals surface area contributed by atoms with Crippen LogP contribution in [0.25, 0.3) is 0 Å². The summed E-state index contributed by atoms with van der Waals surface area (Å²) in [5.41, 5.74) is 0. The molecule has 0 aromatic carbocycles. The molecule has 2 aliphatic heterocycles. The summed E-state index contributed by atoms with van der Waals surface area (Å²) in [6, 6.07) is 0. The van der Waals surface area contributed by atoms with Crippen molar-refractivity contribution in [3.05, 3.63) is 0 Å². The number of hydrogen-bond donors (Lipinski definition) is 0. The minimum atomic E-state index is 0.313. The van der Waals surface area contributed by atoms with E-state index in [1.54, 1.807) is 0 Å².